The summed E-state index contributed by atoms with van der Waals surface area (Å²) in [7, 11) is 1.76. The summed E-state index contributed by atoms with van der Waals surface area (Å²) < 4.78 is 17.8. The molecular weight excluding hydrogens is 1060 g/mol. The first-order chi connectivity index (χ1) is 41.5. The molecule has 0 aliphatic heterocycles. The summed E-state index contributed by atoms with van der Waals surface area (Å²) >= 11 is 0. The Hall–Kier alpha value is -10.2. The fraction of sp³-hybridized carbons (Fsp3) is 0.178. The SMILES string of the molecule is CCCCN(Cc1ccccc1)C(=O)c1cc(C=O)ccc1OCc1ccccc1.C[C@@H](NC(=O)c1cc(C=O)ccc1OCc1ccccc1)c1ccccc1.C[C@@H](c1ccccc1)N(C)C(=O)c1cc(C=O)ccc1OCc1ccccc1. The third-order valence-corrected chi connectivity index (χ3v) is 14.0. The standard InChI is InChI=1S/C26H27NO3.C24H23NO3.C23H21NO3/c1-2-3-16-27(18-21-10-6-4-7-11-21)26(29)24-17-23(19-28)14-15-25(24)30-20-22-12-8-5-9-13-22;1-18(21-11-7-4-8-12-21)25(2)24(27)22-15-20(16-26)13-14-23(22)28-17-19-9-5-3-6-10-19;1-17(20-10-6-3-7-11-20)24-23(26)21-14-19(15-25)12-13-22(21)27-16-18-8-4-2-5-9-18/h4-15,17,19H,2-3,16,18,20H2,1H3;3-16,18H,17H2,1-2H3;2-15,17H,16H2,1H3,(H,24,26)/t;18-;17-/m.01/s1. The van der Waals surface area contributed by atoms with E-state index in [4.69, 9.17) is 14.2 Å². The number of nitrogens with one attached hydrogen (secondary N) is 1. The molecule has 9 aromatic rings. The summed E-state index contributed by atoms with van der Waals surface area (Å²) in [6.45, 7) is 8.20. The number of benzene rings is 9. The van der Waals surface area contributed by atoms with Crippen LogP contribution in [0.5, 0.6) is 17.2 Å². The maximum Gasteiger partial charge on any atom is 0.257 e. The van der Waals surface area contributed by atoms with Crippen molar-refractivity contribution in [3.05, 3.63) is 303 Å². The minimum atomic E-state index is -0.280. The van der Waals surface area contributed by atoms with Gasteiger partial charge in [0.1, 0.15) is 55.9 Å². The molecule has 2 atom stereocenters. The van der Waals surface area contributed by atoms with Crippen LogP contribution in [-0.4, -0.2) is 60.0 Å². The van der Waals surface area contributed by atoms with Gasteiger partial charge in [0.05, 0.1) is 28.8 Å². The predicted octanol–water partition coefficient (Wildman–Crippen LogP) is 15.0. The third kappa shape index (κ3) is 18.9. The van der Waals surface area contributed by atoms with E-state index >= 15 is 0 Å². The smallest absolute Gasteiger partial charge is 0.257 e. The molecule has 0 heterocycles. The van der Waals surface area contributed by atoms with Crippen LogP contribution in [0.3, 0.4) is 0 Å². The molecule has 0 radical (unpaired) electrons. The third-order valence-electron chi connectivity index (χ3n) is 14.0. The lowest BCUT2D eigenvalue weighted by atomic mass is 10.0. The van der Waals surface area contributed by atoms with Crippen molar-refractivity contribution < 1.29 is 43.0 Å². The number of carbonyl (C=O) groups excluding carboxylic acids is 6. The molecule has 12 heteroatoms. The van der Waals surface area contributed by atoms with E-state index in [0.29, 0.717) is 83.5 Å². The molecule has 0 unspecified atom stereocenters. The molecule has 3 amide bonds. The van der Waals surface area contributed by atoms with Crippen LogP contribution in [0.2, 0.25) is 0 Å². The maximum atomic E-state index is 13.5. The first-order valence-electron chi connectivity index (χ1n) is 28.3. The van der Waals surface area contributed by atoms with E-state index in [-0.39, 0.29) is 29.8 Å². The quantitative estimate of drug-likeness (QED) is 0.0584. The van der Waals surface area contributed by atoms with Gasteiger partial charge in [0, 0.05) is 36.8 Å². The number of unbranched alkanes of at least 4 members (excludes halogenated alkanes) is 1. The molecule has 0 aliphatic carbocycles. The van der Waals surface area contributed by atoms with Gasteiger partial charge in [-0.25, -0.2) is 0 Å². The number of amides is 3. The predicted molar refractivity (Wildman–Crippen MR) is 333 cm³/mol. The number of hydrogen-bond donors (Lipinski definition) is 1. The molecule has 432 valence electrons. The minimum absolute atomic E-state index is 0.115. The lowest BCUT2D eigenvalue weighted by Gasteiger charge is -2.26. The van der Waals surface area contributed by atoms with Crippen molar-refractivity contribution in [3.8, 4) is 17.2 Å². The van der Waals surface area contributed by atoms with Gasteiger partial charge in [0.25, 0.3) is 17.7 Å². The second kappa shape index (κ2) is 33.0. The molecule has 85 heavy (non-hydrogen) atoms. The zero-order chi connectivity index (χ0) is 60.2. The molecule has 0 spiro atoms. The number of ether oxygens (including phenoxy) is 3. The first-order valence-corrected chi connectivity index (χ1v) is 28.3. The lowest BCUT2D eigenvalue weighted by molar-refractivity contribution is 0.0729. The first kappa shape index (κ1) is 62.4. The van der Waals surface area contributed by atoms with E-state index in [0.717, 1.165) is 65.1 Å². The summed E-state index contributed by atoms with van der Waals surface area (Å²) in [6, 6.07) is 73.3. The van der Waals surface area contributed by atoms with Gasteiger partial charge in [-0.1, -0.05) is 195 Å². The second-order valence-electron chi connectivity index (χ2n) is 20.1. The Labute approximate surface area is 498 Å². The Kier molecular flexibility index (Phi) is 24.3. The summed E-state index contributed by atoms with van der Waals surface area (Å²) in [5.41, 5.74) is 8.61. The Bertz CT molecular complexity index is 3550. The average Bonchev–Trinajstić information content (AvgIpc) is 3.64. The molecule has 0 saturated heterocycles. The van der Waals surface area contributed by atoms with Crippen LogP contribution in [0, 0.1) is 0 Å². The van der Waals surface area contributed by atoms with Crippen molar-refractivity contribution in [2.75, 3.05) is 13.6 Å². The van der Waals surface area contributed by atoms with Gasteiger partial charge >= 0.3 is 0 Å². The molecule has 0 saturated carbocycles. The van der Waals surface area contributed by atoms with Crippen LogP contribution in [0.4, 0.5) is 0 Å². The van der Waals surface area contributed by atoms with Crippen molar-refractivity contribution in [3.63, 3.8) is 0 Å². The van der Waals surface area contributed by atoms with Crippen molar-refractivity contribution in [1.29, 1.82) is 0 Å². The fourth-order valence-electron chi connectivity index (χ4n) is 8.95. The molecule has 0 bridgehead atoms. The Balaban J connectivity index is 0.000000183. The normalized spacial score (nSPS) is 11.1. The minimum Gasteiger partial charge on any atom is -0.488 e. The highest BCUT2D eigenvalue weighted by atomic mass is 16.5. The summed E-state index contributed by atoms with van der Waals surface area (Å²) in [5, 5.41) is 2.97. The number of nitrogens with zero attached hydrogens (tertiary/aromatic N) is 2. The monoisotopic (exact) mass is 1130 g/mol. The Morgan fingerprint density at radius 3 is 1.20 bits per heavy atom. The Morgan fingerprint density at radius 2 is 0.800 bits per heavy atom. The second-order valence-corrected chi connectivity index (χ2v) is 20.1. The van der Waals surface area contributed by atoms with Crippen molar-refractivity contribution in [2.45, 2.75) is 72.1 Å². The fourth-order valence-corrected chi connectivity index (χ4v) is 8.95. The van der Waals surface area contributed by atoms with E-state index in [1.165, 1.54) is 0 Å². The zero-order valence-corrected chi connectivity index (χ0v) is 48.4. The molecule has 1 N–H and O–H groups in total. The van der Waals surface area contributed by atoms with Crippen molar-refractivity contribution in [2.24, 2.45) is 0 Å². The summed E-state index contributed by atoms with van der Waals surface area (Å²) in [4.78, 5) is 76.7. The highest BCUT2D eigenvalue weighted by molar-refractivity contribution is 6.00. The number of hydrogen-bond acceptors (Lipinski definition) is 9. The summed E-state index contributed by atoms with van der Waals surface area (Å²) in [6.07, 6.45) is 4.11. The van der Waals surface area contributed by atoms with Gasteiger partial charge < -0.3 is 29.3 Å². The van der Waals surface area contributed by atoms with Crippen LogP contribution in [0.15, 0.2) is 237 Å². The molecule has 0 aliphatic rings. The van der Waals surface area contributed by atoms with Crippen molar-refractivity contribution >= 4 is 36.6 Å². The summed E-state index contributed by atoms with van der Waals surface area (Å²) in [5.74, 6) is 0.804. The van der Waals surface area contributed by atoms with Crippen LogP contribution in [0.1, 0.15) is 141 Å². The molecule has 9 rings (SSSR count). The van der Waals surface area contributed by atoms with Gasteiger partial charge in [0.2, 0.25) is 0 Å². The van der Waals surface area contributed by atoms with Gasteiger partial charge in [0.15, 0.2) is 0 Å². The molecule has 0 fully saturated rings. The van der Waals surface area contributed by atoms with Crippen molar-refractivity contribution in [1.82, 2.24) is 15.1 Å². The number of aldehydes is 3. The highest BCUT2D eigenvalue weighted by Gasteiger charge is 2.24. The zero-order valence-electron chi connectivity index (χ0n) is 48.4. The molecular formula is C73H71N3O9. The van der Waals surface area contributed by atoms with E-state index < -0.39 is 0 Å². The van der Waals surface area contributed by atoms with E-state index in [1.807, 2.05) is 201 Å². The van der Waals surface area contributed by atoms with E-state index in [1.54, 1.807) is 66.5 Å². The van der Waals surface area contributed by atoms with E-state index in [9.17, 15) is 28.8 Å². The van der Waals surface area contributed by atoms with Crippen LogP contribution >= 0.6 is 0 Å². The number of carbonyl (C=O) groups is 6. The van der Waals surface area contributed by atoms with Gasteiger partial charge in [-0.3, -0.25) is 28.8 Å². The molecule has 0 aromatic heterocycles. The van der Waals surface area contributed by atoms with Gasteiger partial charge in [-0.15, -0.1) is 0 Å². The largest absolute Gasteiger partial charge is 0.488 e. The van der Waals surface area contributed by atoms with E-state index in [2.05, 4.69) is 12.2 Å². The lowest BCUT2D eigenvalue weighted by Crippen LogP contribution is -2.32. The van der Waals surface area contributed by atoms with Crippen LogP contribution in [0.25, 0.3) is 0 Å². The molecule has 12 nitrogen and oxygen atoms in total. The highest BCUT2D eigenvalue weighted by Crippen LogP contribution is 2.29. The van der Waals surface area contributed by atoms with Gasteiger partial charge in [-0.2, -0.15) is 0 Å². The van der Waals surface area contributed by atoms with Crippen LogP contribution in [-0.2, 0) is 26.4 Å². The Morgan fingerprint density at radius 1 is 0.447 bits per heavy atom. The average molecular weight is 1130 g/mol. The topological polar surface area (TPSA) is 149 Å². The van der Waals surface area contributed by atoms with Crippen LogP contribution < -0.4 is 19.5 Å². The van der Waals surface area contributed by atoms with Gasteiger partial charge in [-0.05, 0) is 108 Å². The maximum absolute atomic E-state index is 13.5. The number of rotatable bonds is 24. The molecule has 9 aromatic carbocycles.